The number of piperidine rings is 1. The number of aliphatic hydroxyl groups is 1. The van der Waals surface area contributed by atoms with Crippen molar-refractivity contribution in [2.24, 2.45) is 17.7 Å². The number of carbonyl (C=O) groups is 1. The molecule has 3 atom stereocenters. The van der Waals surface area contributed by atoms with E-state index >= 15 is 0 Å². The molecule has 3 unspecified atom stereocenters. The number of carbonyl (C=O) groups excluding carboxylic acids is 1. The molecule has 5 heteroatoms. The third kappa shape index (κ3) is 3.85. The van der Waals surface area contributed by atoms with Crippen LogP contribution in [-0.2, 0) is 4.84 Å². The van der Waals surface area contributed by atoms with Gasteiger partial charge in [-0.15, -0.1) is 0 Å². The summed E-state index contributed by atoms with van der Waals surface area (Å²) in [5.74, 6) is 5.61. The van der Waals surface area contributed by atoms with Crippen LogP contribution in [0.15, 0.2) is 0 Å². The number of hydrogen-bond donors (Lipinski definition) is 2. The van der Waals surface area contributed by atoms with Crippen LogP contribution >= 0.6 is 0 Å². The number of hydrogen-bond acceptors (Lipinski definition) is 4. The lowest BCUT2D eigenvalue weighted by molar-refractivity contribution is 0.0193. The zero-order chi connectivity index (χ0) is 13.0. The fourth-order valence-electron chi connectivity index (χ4n) is 2.53. The minimum Gasteiger partial charge on any atom is -0.393 e. The van der Waals surface area contributed by atoms with Gasteiger partial charge in [0.15, 0.2) is 0 Å². The van der Waals surface area contributed by atoms with Gasteiger partial charge in [-0.05, 0) is 32.1 Å². The second-order valence-electron chi connectivity index (χ2n) is 5.40. The van der Waals surface area contributed by atoms with Crippen LogP contribution in [0.5, 0.6) is 0 Å². The molecule has 0 aromatic rings. The maximum Gasteiger partial charge on any atom is 0.428 e. The highest BCUT2D eigenvalue weighted by Gasteiger charge is 2.34. The van der Waals surface area contributed by atoms with E-state index in [1.165, 1.54) is 0 Å². The molecule has 1 saturated heterocycles. The molecular weight excluding hydrogens is 220 g/mol. The van der Waals surface area contributed by atoms with Crippen molar-refractivity contribution in [1.29, 1.82) is 0 Å². The molecule has 1 amide bonds. The van der Waals surface area contributed by atoms with Gasteiger partial charge in [0.1, 0.15) is 0 Å². The van der Waals surface area contributed by atoms with Crippen molar-refractivity contribution in [1.82, 2.24) is 4.90 Å². The highest BCUT2D eigenvalue weighted by molar-refractivity contribution is 5.67. The fraction of sp³-hybridized carbons (Fsp3) is 0.917. The van der Waals surface area contributed by atoms with Gasteiger partial charge in [-0.1, -0.05) is 13.8 Å². The van der Waals surface area contributed by atoms with Gasteiger partial charge >= 0.3 is 6.09 Å². The van der Waals surface area contributed by atoms with Gasteiger partial charge in [0.05, 0.1) is 6.10 Å². The van der Waals surface area contributed by atoms with Crippen molar-refractivity contribution in [3.8, 4) is 0 Å². The summed E-state index contributed by atoms with van der Waals surface area (Å²) in [4.78, 5) is 17.6. The molecule has 100 valence electrons. The average Bonchev–Trinajstić information content (AvgIpc) is 2.27. The summed E-state index contributed by atoms with van der Waals surface area (Å²) in [6.07, 6.45) is 1.91. The Kier molecular flexibility index (Phi) is 5.21. The summed E-state index contributed by atoms with van der Waals surface area (Å²) < 4.78 is 0. The van der Waals surface area contributed by atoms with Crippen LogP contribution in [0.1, 0.15) is 40.0 Å². The van der Waals surface area contributed by atoms with Crippen molar-refractivity contribution in [2.75, 3.05) is 6.54 Å². The van der Waals surface area contributed by atoms with Gasteiger partial charge < -0.3 is 14.8 Å². The molecule has 17 heavy (non-hydrogen) atoms. The van der Waals surface area contributed by atoms with Crippen LogP contribution in [0.4, 0.5) is 4.79 Å². The van der Waals surface area contributed by atoms with Crippen LogP contribution in [0.3, 0.4) is 0 Å². The summed E-state index contributed by atoms with van der Waals surface area (Å²) in [7, 11) is 0. The molecule has 0 aliphatic carbocycles. The third-order valence-electron chi connectivity index (χ3n) is 3.50. The highest BCUT2D eigenvalue weighted by Crippen LogP contribution is 2.28. The van der Waals surface area contributed by atoms with E-state index in [9.17, 15) is 9.90 Å². The number of nitrogens with two attached hydrogens (primary N) is 1. The molecular formula is C12H24N2O3. The third-order valence-corrected chi connectivity index (χ3v) is 3.50. The zero-order valence-electron chi connectivity index (χ0n) is 10.9. The number of amides is 1. The van der Waals surface area contributed by atoms with E-state index in [1.54, 1.807) is 11.8 Å². The Morgan fingerprint density at radius 3 is 2.59 bits per heavy atom. The van der Waals surface area contributed by atoms with Crippen LogP contribution < -0.4 is 5.90 Å². The van der Waals surface area contributed by atoms with Crippen LogP contribution in [0.2, 0.25) is 0 Å². The summed E-state index contributed by atoms with van der Waals surface area (Å²) in [6, 6.07) is 0.182. The first-order valence-electron chi connectivity index (χ1n) is 6.31. The summed E-state index contributed by atoms with van der Waals surface area (Å²) >= 11 is 0. The van der Waals surface area contributed by atoms with Gasteiger partial charge in [-0.3, -0.25) is 0 Å². The number of likely N-dealkylation sites (tertiary alicyclic amines) is 1. The molecule has 1 aliphatic rings. The Morgan fingerprint density at radius 2 is 2.12 bits per heavy atom. The van der Waals surface area contributed by atoms with E-state index in [0.29, 0.717) is 12.5 Å². The van der Waals surface area contributed by atoms with Gasteiger partial charge in [0, 0.05) is 18.5 Å². The van der Waals surface area contributed by atoms with Gasteiger partial charge in [0.25, 0.3) is 0 Å². The average molecular weight is 244 g/mol. The maximum atomic E-state index is 11.6. The van der Waals surface area contributed by atoms with E-state index < -0.39 is 12.2 Å². The molecule has 0 spiro atoms. The second kappa shape index (κ2) is 6.21. The Bertz CT molecular complexity index is 256. The molecule has 1 fully saturated rings. The zero-order valence-corrected chi connectivity index (χ0v) is 10.9. The van der Waals surface area contributed by atoms with Crippen molar-refractivity contribution in [2.45, 2.75) is 52.2 Å². The lowest BCUT2D eigenvalue weighted by Gasteiger charge is -2.40. The van der Waals surface area contributed by atoms with Gasteiger partial charge in [-0.25, -0.2) is 4.79 Å². The SMILES string of the molecule is CC(C)CC1CCC(C(C)O)CN1C(=O)ON. The monoisotopic (exact) mass is 244 g/mol. The summed E-state index contributed by atoms with van der Waals surface area (Å²) in [5.41, 5.74) is 0. The number of rotatable bonds is 3. The largest absolute Gasteiger partial charge is 0.428 e. The number of aliphatic hydroxyl groups excluding tert-OH is 1. The smallest absolute Gasteiger partial charge is 0.393 e. The van der Waals surface area contributed by atoms with Crippen molar-refractivity contribution in [3.05, 3.63) is 0 Å². The maximum absolute atomic E-state index is 11.6. The van der Waals surface area contributed by atoms with Crippen LogP contribution in [-0.4, -0.2) is 34.8 Å². The first kappa shape index (κ1) is 14.3. The highest BCUT2D eigenvalue weighted by atomic mass is 16.7. The Morgan fingerprint density at radius 1 is 1.47 bits per heavy atom. The molecule has 0 bridgehead atoms. The molecule has 0 radical (unpaired) electrons. The first-order chi connectivity index (χ1) is 7.95. The van der Waals surface area contributed by atoms with E-state index in [0.717, 1.165) is 19.3 Å². The van der Waals surface area contributed by atoms with Crippen molar-refractivity contribution < 1.29 is 14.7 Å². The number of nitrogens with zero attached hydrogens (tertiary/aromatic N) is 1. The fourth-order valence-corrected chi connectivity index (χ4v) is 2.53. The molecule has 5 nitrogen and oxygen atoms in total. The predicted molar refractivity (Wildman–Crippen MR) is 65.0 cm³/mol. The molecule has 0 aromatic heterocycles. The van der Waals surface area contributed by atoms with E-state index in [2.05, 4.69) is 18.7 Å². The predicted octanol–water partition coefficient (Wildman–Crippen LogP) is 1.50. The molecule has 0 aromatic carbocycles. The topological polar surface area (TPSA) is 75.8 Å². The van der Waals surface area contributed by atoms with E-state index in [4.69, 9.17) is 5.90 Å². The minimum atomic E-state index is -0.485. The molecule has 1 heterocycles. The molecule has 1 aliphatic heterocycles. The molecule has 1 rings (SSSR count). The van der Waals surface area contributed by atoms with Crippen molar-refractivity contribution in [3.63, 3.8) is 0 Å². The standard InChI is InChI=1S/C12H24N2O3/c1-8(2)6-11-5-4-10(9(3)15)7-14(11)12(16)17-13/h8-11,15H,4-7,13H2,1-3H3. The quantitative estimate of drug-likeness (QED) is 0.738. The summed E-state index contributed by atoms with van der Waals surface area (Å²) in [5, 5.41) is 9.61. The van der Waals surface area contributed by atoms with Crippen molar-refractivity contribution >= 4 is 6.09 Å². The van der Waals surface area contributed by atoms with E-state index in [1.807, 2.05) is 0 Å². The lowest BCUT2D eigenvalue weighted by Crippen LogP contribution is -2.50. The van der Waals surface area contributed by atoms with Gasteiger partial charge in [0.2, 0.25) is 0 Å². The minimum absolute atomic E-state index is 0.123. The van der Waals surface area contributed by atoms with E-state index in [-0.39, 0.29) is 12.0 Å². The Hall–Kier alpha value is -0.810. The summed E-state index contributed by atoms with van der Waals surface area (Å²) in [6.45, 7) is 6.56. The Labute approximate surface area is 103 Å². The Balaban J connectivity index is 2.68. The normalized spacial score (nSPS) is 27.1. The molecule has 3 N–H and O–H groups in total. The first-order valence-corrected chi connectivity index (χ1v) is 6.31. The van der Waals surface area contributed by atoms with Crippen LogP contribution in [0, 0.1) is 11.8 Å². The lowest BCUT2D eigenvalue weighted by atomic mass is 9.86. The molecule has 0 saturated carbocycles. The van der Waals surface area contributed by atoms with Crippen LogP contribution in [0.25, 0.3) is 0 Å². The van der Waals surface area contributed by atoms with Gasteiger partial charge in [-0.2, -0.15) is 5.90 Å². The second-order valence-corrected chi connectivity index (χ2v) is 5.40.